The van der Waals surface area contributed by atoms with Crippen molar-refractivity contribution in [3.63, 3.8) is 0 Å². The number of hydrogen-bond donors (Lipinski definition) is 6. The molecule has 0 unspecified atom stereocenters. The molecule has 0 saturated carbocycles. The highest BCUT2D eigenvalue weighted by atomic mass is 16.4. The zero-order valence-corrected chi connectivity index (χ0v) is 15.7. The SMILES string of the molecule is Cc1cc(=O)oc2cc(NC(=O)[C@H](CCC[NH+]=C(N)N)NC(=O)C[NH3+])ccc12. The molecule has 0 bridgehead atoms. The van der Waals surface area contributed by atoms with E-state index in [0.29, 0.717) is 30.7 Å². The summed E-state index contributed by atoms with van der Waals surface area (Å²) in [5, 5.41) is 6.17. The second kappa shape index (κ2) is 9.51. The first kappa shape index (κ1) is 20.9. The van der Waals surface area contributed by atoms with E-state index in [2.05, 4.69) is 21.4 Å². The second-order valence-electron chi connectivity index (χ2n) is 6.34. The monoisotopic (exact) mass is 390 g/mol. The molecule has 2 rings (SSSR count). The predicted octanol–water partition coefficient (Wildman–Crippen LogP) is -3.10. The van der Waals surface area contributed by atoms with E-state index in [9.17, 15) is 14.4 Å². The number of nitrogens with one attached hydrogen (secondary N) is 3. The topological polar surface area (TPSA) is 182 Å². The van der Waals surface area contributed by atoms with Gasteiger partial charge in [-0.3, -0.25) is 26.0 Å². The van der Waals surface area contributed by atoms with E-state index in [1.165, 1.54) is 6.07 Å². The lowest BCUT2D eigenvalue weighted by atomic mass is 10.1. The summed E-state index contributed by atoms with van der Waals surface area (Å²) in [6.07, 6.45) is 0.929. The summed E-state index contributed by atoms with van der Waals surface area (Å²) in [5.41, 5.74) is 15.3. The molecule has 0 aliphatic heterocycles. The third-order valence-electron chi connectivity index (χ3n) is 4.10. The van der Waals surface area contributed by atoms with Crippen molar-refractivity contribution in [3.05, 3.63) is 40.2 Å². The van der Waals surface area contributed by atoms with Crippen molar-refractivity contribution in [2.24, 2.45) is 11.5 Å². The molecule has 2 amide bonds. The van der Waals surface area contributed by atoms with E-state index in [1.54, 1.807) is 25.1 Å². The average Bonchev–Trinajstić information content (AvgIpc) is 2.63. The number of anilines is 1. The molecule has 0 aliphatic carbocycles. The van der Waals surface area contributed by atoms with Crippen LogP contribution in [0.2, 0.25) is 0 Å². The predicted molar refractivity (Wildman–Crippen MR) is 104 cm³/mol. The van der Waals surface area contributed by atoms with Gasteiger partial charge >= 0.3 is 11.6 Å². The van der Waals surface area contributed by atoms with Gasteiger partial charge in [0.05, 0.1) is 6.54 Å². The lowest BCUT2D eigenvalue weighted by Crippen LogP contribution is -2.78. The Kier molecular flexibility index (Phi) is 7.10. The number of amides is 2. The van der Waals surface area contributed by atoms with Gasteiger partial charge < -0.3 is 20.8 Å². The van der Waals surface area contributed by atoms with E-state index < -0.39 is 11.7 Å². The Labute approximate surface area is 161 Å². The number of aryl methyl sites for hydroxylation is 1. The van der Waals surface area contributed by atoms with Crippen LogP contribution >= 0.6 is 0 Å². The van der Waals surface area contributed by atoms with E-state index >= 15 is 0 Å². The summed E-state index contributed by atoms with van der Waals surface area (Å²) in [7, 11) is 0. The summed E-state index contributed by atoms with van der Waals surface area (Å²) < 4.78 is 5.19. The van der Waals surface area contributed by atoms with Gasteiger partial charge in [-0.1, -0.05) is 0 Å². The zero-order chi connectivity index (χ0) is 20.7. The molecule has 1 atom stereocenters. The van der Waals surface area contributed by atoms with Crippen LogP contribution in [0, 0.1) is 6.92 Å². The maximum Gasteiger partial charge on any atom is 0.338 e. The van der Waals surface area contributed by atoms with Crippen LogP contribution in [0.4, 0.5) is 5.69 Å². The molecule has 0 spiro atoms. The third kappa shape index (κ3) is 5.81. The van der Waals surface area contributed by atoms with E-state index in [1.807, 2.05) is 0 Å². The number of fused-ring (bicyclic) bond motifs is 1. The van der Waals surface area contributed by atoms with Gasteiger partial charge in [0.1, 0.15) is 11.6 Å². The Morgan fingerprint density at radius 1 is 1.29 bits per heavy atom. The molecule has 1 aromatic heterocycles. The van der Waals surface area contributed by atoms with Gasteiger partial charge in [0.25, 0.3) is 5.91 Å². The molecule has 10 heteroatoms. The number of rotatable bonds is 8. The highest BCUT2D eigenvalue weighted by Gasteiger charge is 2.21. The number of carbonyl (C=O) groups is 2. The summed E-state index contributed by atoms with van der Waals surface area (Å²) >= 11 is 0. The maximum atomic E-state index is 12.6. The van der Waals surface area contributed by atoms with Crippen LogP contribution in [0.5, 0.6) is 0 Å². The highest BCUT2D eigenvalue weighted by Crippen LogP contribution is 2.21. The highest BCUT2D eigenvalue weighted by molar-refractivity contribution is 5.98. The van der Waals surface area contributed by atoms with Crippen LogP contribution in [0.15, 0.2) is 33.5 Å². The van der Waals surface area contributed by atoms with Crippen LogP contribution < -0.4 is 38.5 Å². The summed E-state index contributed by atoms with van der Waals surface area (Å²) in [6.45, 7) is 2.29. The minimum atomic E-state index is -0.754. The standard InChI is InChI=1S/C18H24N6O4/c1-10-7-16(26)28-14-8-11(4-5-12(10)14)23-17(27)13(24-15(25)9-19)3-2-6-22-18(20)21/h4-5,7-8,13H,2-3,6,9,19H2,1H3,(H,23,27)(H,24,25)(H4,20,21,22)/p+2/t13-/m0/s1. The normalized spacial score (nSPS) is 11.6. The van der Waals surface area contributed by atoms with Gasteiger partial charge in [0.2, 0.25) is 5.91 Å². The van der Waals surface area contributed by atoms with Crippen LogP contribution in [-0.2, 0) is 9.59 Å². The lowest BCUT2D eigenvalue weighted by molar-refractivity contribution is -0.459. The first-order valence-corrected chi connectivity index (χ1v) is 8.86. The largest absolute Gasteiger partial charge is 0.423 e. The van der Waals surface area contributed by atoms with Crippen molar-refractivity contribution in [1.82, 2.24) is 5.32 Å². The average molecular weight is 390 g/mol. The van der Waals surface area contributed by atoms with Crippen molar-refractivity contribution >= 4 is 34.4 Å². The van der Waals surface area contributed by atoms with Crippen LogP contribution in [0.1, 0.15) is 18.4 Å². The van der Waals surface area contributed by atoms with E-state index in [-0.39, 0.29) is 24.3 Å². The zero-order valence-electron chi connectivity index (χ0n) is 15.7. The maximum absolute atomic E-state index is 12.6. The number of carbonyl (C=O) groups excluding carboxylic acids is 2. The fourth-order valence-electron chi connectivity index (χ4n) is 2.71. The number of benzene rings is 1. The molecule has 150 valence electrons. The second-order valence-corrected chi connectivity index (χ2v) is 6.34. The lowest BCUT2D eigenvalue weighted by Gasteiger charge is -2.17. The minimum Gasteiger partial charge on any atom is -0.423 e. The van der Waals surface area contributed by atoms with Crippen molar-refractivity contribution in [1.29, 1.82) is 0 Å². The van der Waals surface area contributed by atoms with Gasteiger partial charge in [-0.2, -0.15) is 0 Å². The summed E-state index contributed by atoms with van der Waals surface area (Å²) in [4.78, 5) is 38.7. The molecule has 1 aromatic carbocycles. The van der Waals surface area contributed by atoms with Gasteiger partial charge in [0, 0.05) is 23.2 Å². The molecule has 10 N–H and O–H groups in total. The fraction of sp³-hybridized carbons (Fsp3) is 0.333. The number of guanidine groups is 1. The smallest absolute Gasteiger partial charge is 0.338 e. The van der Waals surface area contributed by atoms with Crippen LogP contribution in [-0.4, -0.2) is 36.9 Å². The fourth-order valence-corrected chi connectivity index (χ4v) is 2.71. The summed E-state index contributed by atoms with van der Waals surface area (Å²) in [5.74, 6) is -0.630. The number of quaternary nitrogens is 1. The van der Waals surface area contributed by atoms with Crippen molar-refractivity contribution in [3.8, 4) is 0 Å². The third-order valence-corrected chi connectivity index (χ3v) is 4.10. The van der Waals surface area contributed by atoms with Crippen LogP contribution in [0.3, 0.4) is 0 Å². The molecule has 0 fully saturated rings. The molecule has 0 radical (unpaired) electrons. The van der Waals surface area contributed by atoms with E-state index in [0.717, 1.165) is 10.9 Å². The molecule has 0 saturated heterocycles. The Morgan fingerprint density at radius 2 is 2.04 bits per heavy atom. The summed E-state index contributed by atoms with van der Waals surface area (Å²) in [6, 6.07) is 5.70. The first-order chi connectivity index (χ1) is 13.3. The van der Waals surface area contributed by atoms with Gasteiger partial charge in [-0.15, -0.1) is 0 Å². The molecule has 10 nitrogen and oxygen atoms in total. The Hall–Kier alpha value is -3.40. The van der Waals surface area contributed by atoms with Crippen LogP contribution in [0.25, 0.3) is 11.0 Å². The number of hydrogen-bond acceptors (Lipinski definition) is 4. The van der Waals surface area contributed by atoms with Gasteiger partial charge in [-0.05, 0) is 37.5 Å². The Bertz CT molecular complexity index is 949. The molecule has 28 heavy (non-hydrogen) atoms. The van der Waals surface area contributed by atoms with Gasteiger partial charge in [0.15, 0.2) is 6.54 Å². The van der Waals surface area contributed by atoms with Gasteiger partial charge in [-0.25, -0.2) is 4.79 Å². The minimum absolute atomic E-state index is 0.0198. The Morgan fingerprint density at radius 3 is 2.71 bits per heavy atom. The van der Waals surface area contributed by atoms with Crippen molar-refractivity contribution < 1.29 is 24.7 Å². The first-order valence-electron chi connectivity index (χ1n) is 8.86. The molecule has 0 aliphatic rings. The molecular formula is C18H26N6O4+2. The quantitative estimate of drug-likeness (QED) is 0.120. The Balaban J connectivity index is 2.14. The van der Waals surface area contributed by atoms with Crippen molar-refractivity contribution in [2.75, 3.05) is 18.4 Å². The molecular weight excluding hydrogens is 364 g/mol. The van der Waals surface area contributed by atoms with E-state index in [4.69, 9.17) is 15.9 Å². The van der Waals surface area contributed by atoms with Crippen molar-refractivity contribution in [2.45, 2.75) is 25.8 Å². The number of nitrogens with two attached hydrogens (primary N) is 2. The molecule has 1 heterocycles. The molecule has 2 aromatic rings.